The molecule has 1 aromatic carbocycles. The molecule has 0 bridgehead atoms. The highest BCUT2D eigenvalue weighted by molar-refractivity contribution is 5.54. The standard InChI is InChI=1S/C16H24N2O3/c1-5-16(6-2)13(17)9-14(16)21-15-11(4)7-10(3)8-12(15)18(19)20/h7-8,13-14H,5-6,9,17H2,1-4H3. The summed E-state index contributed by atoms with van der Waals surface area (Å²) in [6.07, 6.45) is 2.57. The van der Waals surface area contributed by atoms with Crippen LogP contribution in [0.4, 0.5) is 5.69 Å². The summed E-state index contributed by atoms with van der Waals surface area (Å²) >= 11 is 0. The molecule has 21 heavy (non-hydrogen) atoms. The summed E-state index contributed by atoms with van der Waals surface area (Å²) in [5.74, 6) is 0.397. The van der Waals surface area contributed by atoms with E-state index in [-0.39, 0.29) is 28.2 Å². The van der Waals surface area contributed by atoms with Crippen LogP contribution in [-0.4, -0.2) is 17.1 Å². The number of hydrogen-bond acceptors (Lipinski definition) is 4. The summed E-state index contributed by atoms with van der Waals surface area (Å²) in [7, 11) is 0. The molecule has 116 valence electrons. The van der Waals surface area contributed by atoms with Crippen molar-refractivity contribution in [3.8, 4) is 5.75 Å². The lowest BCUT2D eigenvalue weighted by molar-refractivity contribution is -0.386. The van der Waals surface area contributed by atoms with E-state index in [1.54, 1.807) is 6.07 Å². The summed E-state index contributed by atoms with van der Waals surface area (Å²) in [6, 6.07) is 3.60. The van der Waals surface area contributed by atoms with E-state index in [2.05, 4.69) is 13.8 Å². The third kappa shape index (κ3) is 2.50. The smallest absolute Gasteiger partial charge is 0.311 e. The Kier molecular flexibility index (Phi) is 4.23. The Labute approximate surface area is 125 Å². The average molecular weight is 292 g/mol. The van der Waals surface area contributed by atoms with Crippen molar-refractivity contribution >= 4 is 5.69 Å². The molecule has 1 aliphatic rings. The number of nitrogens with two attached hydrogens (primary N) is 1. The van der Waals surface area contributed by atoms with Gasteiger partial charge in [-0.15, -0.1) is 0 Å². The fourth-order valence-corrected chi connectivity index (χ4v) is 3.54. The van der Waals surface area contributed by atoms with Gasteiger partial charge in [0.1, 0.15) is 6.10 Å². The molecule has 0 spiro atoms. The van der Waals surface area contributed by atoms with Gasteiger partial charge in [-0.2, -0.15) is 0 Å². The zero-order chi connectivity index (χ0) is 15.8. The van der Waals surface area contributed by atoms with Crippen LogP contribution in [0.1, 0.15) is 44.2 Å². The van der Waals surface area contributed by atoms with E-state index in [0.717, 1.165) is 30.4 Å². The minimum Gasteiger partial charge on any atom is -0.483 e. The second kappa shape index (κ2) is 5.64. The number of aryl methyl sites for hydroxylation is 2. The van der Waals surface area contributed by atoms with Gasteiger partial charge < -0.3 is 10.5 Å². The Balaban J connectivity index is 2.34. The van der Waals surface area contributed by atoms with Crippen LogP contribution in [-0.2, 0) is 0 Å². The van der Waals surface area contributed by atoms with Crippen LogP contribution < -0.4 is 10.5 Å². The first-order chi connectivity index (χ1) is 9.85. The molecule has 0 saturated heterocycles. The molecule has 1 aliphatic carbocycles. The van der Waals surface area contributed by atoms with Gasteiger partial charge in [-0.25, -0.2) is 0 Å². The van der Waals surface area contributed by atoms with Gasteiger partial charge in [-0.05, 0) is 37.8 Å². The Hall–Kier alpha value is -1.62. The molecule has 1 saturated carbocycles. The first-order valence-corrected chi connectivity index (χ1v) is 7.53. The van der Waals surface area contributed by atoms with Crippen LogP contribution in [0.2, 0.25) is 0 Å². The normalized spacial score (nSPS) is 23.5. The molecule has 1 aromatic rings. The van der Waals surface area contributed by atoms with Crippen molar-refractivity contribution in [1.29, 1.82) is 0 Å². The van der Waals surface area contributed by atoms with Crippen LogP contribution in [0.3, 0.4) is 0 Å². The maximum absolute atomic E-state index is 11.3. The first kappa shape index (κ1) is 15.8. The van der Waals surface area contributed by atoms with Gasteiger partial charge in [0.25, 0.3) is 0 Å². The Morgan fingerprint density at radius 2 is 2.00 bits per heavy atom. The Bertz CT molecular complexity index is 553. The van der Waals surface area contributed by atoms with Gasteiger partial charge >= 0.3 is 5.69 Å². The van der Waals surface area contributed by atoms with E-state index in [4.69, 9.17) is 10.5 Å². The number of nitro groups is 1. The minimum atomic E-state index is -0.368. The van der Waals surface area contributed by atoms with Gasteiger partial charge in [0.05, 0.1) is 4.92 Å². The van der Waals surface area contributed by atoms with E-state index in [1.807, 2.05) is 19.9 Å². The highest BCUT2D eigenvalue weighted by Crippen LogP contribution is 2.49. The maximum Gasteiger partial charge on any atom is 0.311 e. The highest BCUT2D eigenvalue weighted by atomic mass is 16.6. The van der Waals surface area contributed by atoms with Gasteiger partial charge in [0.2, 0.25) is 0 Å². The predicted molar refractivity (Wildman–Crippen MR) is 82.6 cm³/mol. The van der Waals surface area contributed by atoms with Crippen LogP contribution >= 0.6 is 0 Å². The van der Waals surface area contributed by atoms with Crippen molar-refractivity contribution in [1.82, 2.24) is 0 Å². The number of nitrogens with zero attached hydrogens (tertiary/aromatic N) is 1. The zero-order valence-electron chi connectivity index (χ0n) is 13.2. The molecule has 5 nitrogen and oxygen atoms in total. The molecule has 2 unspecified atom stereocenters. The van der Waals surface area contributed by atoms with Gasteiger partial charge in [0, 0.05) is 23.9 Å². The molecule has 2 N–H and O–H groups in total. The second-order valence-electron chi connectivity index (χ2n) is 6.08. The summed E-state index contributed by atoms with van der Waals surface area (Å²) in [6.45, 7) is 7.92. The van der Waals surface area contributed by atoms with Crippen molar-refractivity contribution in [2.24, 2.45) is 11.1 Å². The molecule has 0 aromatic heterocycles. The molecular weight excluding hydrogens is 268 g/mol. The van der Waals surface area contributed by atoms with E-state index in [9.17, 15) is 10.1 Å². The fraction of sp³-hybridized carbons (Fsp3) is 0.625. The Morgan fingerprint density at radius 1 is 1.38 bits per heavy atom. The van der Waals surface area contributed by atoms with Crippen LogP contribution in [0, 0.1) is 29.4 Å². The molecule has 5 heteroatoms. The number of nitro benzene ring substituents is 1. The number of benzene rings is 1. The Morgan fingerprint density at radius 3 is 2.48 bits per heavy atom. The summed E-state index contributed by atoms with van der Waals surface area (Å²) < 4.78 is 6.08. The quantitative estimate of drug-likeness (QED) is 0.665. The van der Waals surface area contributed by atoms with E-state index >= 15 is 0 Å². The molecule has 2 atom stereocenters. The van der Waals surface area contributed by atoms with E-state index in [1.165, 1.54) is 0 Å². The molecular formula is C16H24N2O3. The van der Waals surface area contributed by atoms with Crippen LogP contribution in [0.5, 0.6) is 5.75 Å². The largest absolute Gasteiger partial charge is 0.483 e. The molecule has 2 rings (SSSR count). The van der Waals surface area contributed by atoms with E-state index in [0.29, 0.717) is 5.75 Å². The molecule has 0 amide bonds. The topological polar surface area (TPSA) is 78.4 Å². The summed E-state index contributed by atoms with van der Waals surface area (Å²) in [5, 5.41) is 11.3. The SMILES string of the molecule is CCC1(CC)C(N)CC1Oc1c(C)cc(C)cc1[N+](=O)[O-]. The first-order valence-electron chi connectivity index (χ1n) is 7.53. The second-order valence-corrected chi connectivity index (χ2v) is 6.08. The lowest BCUT2D eigenvalue weighted by atomic mass is 9.59. The van der Waals surface area contributed by atoms with Crippen LogP contribution in [0.15, 0.2) is 12.1 Å². The van der Waals surface area contributed by atoms with Crippen molar-refractivity contribution in [2.75, 3.05) is 0 Å². The molecule has 0 radical (unpaired) electrons. The monoisotopic (exact) mass is 292 g/mol. The fourth-order valence-electron chi connectivity index (χ4n) is 3.54. The lowest BCUT2D eigenvalue weighted by Crippen LogP contribution is -2.63. The van der Waals surface area contributed by atoms with Crippen molar-refractivity contribution in [3.63, 3.8) is 0 Å². The van der Waals surface area contributed by atoms with Crippen molar-refractivity contribution in [3.05, 3.63) is 33.4 Å². The maximum atomic E-state index is 11.3. The minimum absolute atomic E-state index is 0.0393. The van der Waals surface area contributed by atoms with Crippen molar-refractivity contribution < 1.29 is 9.66 Å². The van der Waals surface area contributed by atoms with Crippen LogP contribution in [0.25, 0.3) is 0 Å². The summed E-state index contributed by atoms with van der Waals surface area (Å²) in [4.78, 5) is 10.9. The number of hydrogen-bond donors (Lipinski definition) is 1. The molecule has 1 fully saturated rings. The van der Waals surface area contributed by atoms with Gasteiger partial charge in [-0.3, -0.25) is 10.1 Å². The third-order valence-electron chi connectivity index (χ3n) is 5.02. The van der Waals surface area contributed by atoms with Gasteiger partial charge in [0.15, 0.2) is 5.75 Å². The van der Waals surface area contributed by atoms with Crippen molar-refractivity contribution in [2.45, 2.75) is 59.1 Å². The predicted octanol–water partition coefficient (Wildman–Crippen LogP) is 3.50. The lowest BCUT2D eigenvalue weighted by Gasteiger charge is -2.53. The number of ether oxygens (including phenoxy) is 1. The third-order valence-corrected chi connectivity index (χ3v) is 5.02. The number of rotatable bonds is 5. The molecule has 0 heterocycles. The average Bonchev–Trinajstić information content (AvgIpc) is 2.41. The molecule has 0 aliphatic heterocycles. The van der Waals surface area contributed by atoms with Gasteiger partial charge in [-0.1, -0.05) is 19.9 Å². The zero-order valence-corrected chi connectivity index (χ0v) is 13.2. The van der Waals surface area contributed by atoms with E-state index < -0.39 is 0 Å². The highest BCUT2D eigenvalue weighted by Gasteiger charge is 2.53. The summed E-state index contributed by atoms with van der Waals surface area (Å²) in [5.41, 5.74) is 7.83.